The van der Waals surface area contributed by atoms with Gasteiger partial charge in [0.05, 0.1) is 12.0 Å². The van der Waals surface area contributed by atoms with E-state index >= 15 is 0 Å². The summed E-state index contributed by atoms with van der Waals surface area (Å²) in [5, 5.41) is 10.9. The van der Waals surface area contributed by atoms with E-state index < -0.39 is 11.4 Å². The van der Waals surface area contributed by atoms with Crippen molar-refractivity contribution < 1.29 is 19.4 Å². The zero-order valence-corrected chi connectivity index (χ0v) is 8.79. The normalized spacial score (nSPS) is 11.1. The monoisotopic (exact) mass is 203 g/mol. The second kappa shape index (κ2) is 5.59. The van der Waals surface area contributed by atoms with E-state index in [0.717, 1.165) is 0 Å². The Kier molecular flexibility index (Phi) is 5.15. The lowest BCUT2D eigenvalue weighted by atomic mass is 9.97. The van der Waals surface area contributed by atoms with Crippen LogP contribution in [0.15, 0.2) is 0 Å². The number of hydrogen-bond acceptors (Lipinski definition) is 4. The average molecular weight is 203 g/mol. The summed E-state index contributed by atoms with van der Waals surface area (Å²) in [7, 11) is 0. The van der Waals surface area contributed by atoms with Gasteiger partial charge in [-0.3, -0.25) is 9.59 Å². The molecule has 5 nitrogen and oxygen atoms in total. The maximum atomic E-state index is 11.2. The van der Waals surface area contributed by atoms with Crippen LogP contribution in [0, 0.1) is 5.41 Å². The molecule has 0 spiro atoms. The highest BCUT2D eigenvalue weighted by atomic mass is 16.5. The summed E-state index contributed by atoms with van der Waals surface area (Å²) < 4.78 is 4.89. The molecule has 0 bridgehead atoms. The number of carbonyl (C=O) groups excluding carboxylic acids is 1. The largest absolute Gasteiger partial charge is 0.480 e. The minimum absolute atomic E-state index is 0.118. The maximum absolute atomic E-state index is 11.2. The topological polar surface area (TPSA) is 75.6 Å². The van der Waals surface area contributed by atoms with Crippen LogP contribution in [-0.2, 0) is 14.3 Å². The zero-order valence-electron chi connectivity index (χ0n) is 8.79. The van der Waals surface area contributed by atoms with E-state index in [4.69, 9.17) is 9.84 Å². The van der Waals surface area contributed by atoms with Crippen molar-refractivity contribution in [1.82, 2.24) is 5.32 Å². The predicted octanol–water partition coefficient (Wildman–Crippen LogP) is 0.250. The van der Waals surface area contributed by atoms with E-state index in [1.54, 1.807) is 20.8 Å². The molecule has 5 heteroatoms. The molecule has 0 saturated carbocycles. The number of nitrogens with one attached hydrogen (secondary N) is 1. The molecule has 0 rings (SSSR count). The van der Waals surface area contributed by atoms with Crippen molar-refractivity contribution in [3.63, 3.8) is 0 Å². The molecule has 0 atom stereocenters. The molecule has 0 aromatic carbocycles. The Bertz CT molecular complexity index is 207. The van der Waals surface area contributed by atoms with Crippen LogP contribution in [0.3, 0.4) is 0 Å². The molecule has 0 aromatic heterocycles. The van der Waals surface area contributed by atoms with Gasteiger partial charge in [-0.25, -0.2) is 0 Å². The molecule has 2 N–H and O–H groups in total. The minimum Gasteiger partial charge on any atom is -0.480 e. The van der Waals surface area contributed by atoms with Crippen molar-refractivity contribution in [2.24, 2.45) is 5.41 Å². The number of carboxylic acids is 1. The van der Waals surface area contributed by atoms with Crippen LogP contribution >= 0.6 is 0 Å². The summed E-state index contributed by atoms with van der Waals surface area (Å²) in [6.07, 6.45) is 0. The van der Waals surface area contributed by atoms with Gasteiger partial charge in [0.2, 0.25) is 0 Å². The molecule has 82 valence electrons. The Balaban J connectivity index is 3.46. The lowest BCUT2D eigenvalue weighted by molar-refractivity contribution is -0.152. The molecule has 0 aliphatic carbocycles. The van der Waals surface area contributed by atoms with Crippen molar-refractivity contribution in [2.45, 2.75) is 20.8 Å². The fourth-order valence-electron chi connectivity index (χ4n) is 0.628. The van der Waals surface area contributed by atoms with Crippen molar-refractivity contribution in [2.75, 3.05) is 19.7 Å². The lowest BCUT2D eigenvalue weighted by Crippen LogP contribution is -2.29. The number of esters is 1. The van der Waals surface area contributed by atoms with Crippen molar-refractivity contribution in [1.29, 1.82) is 0 Å². The predicted molar refractivity (Wildman–Crippen MR) is 50.9 cm³/mol. The van der Waals surface area contributed by atoms with E-state index in [1.807, 2.05) is 0 Å². The first-order valence-corrected chi connectivity index (χ1v) is 4.44. The SMILES string of the molecule is CC(C)(C)C(=O)OCCNCC(=O)O. The van der Waals surface area contributed by atoms with E-state index in [1.165, 1.54) is 0 Å². The van der Waals surface area contributed by atoms with Gasteiger partial charge in [-0.15, -0.1) is 0 Å². The molecule has 0 saturated heterocycles. The van der Waals surface area contributed by atoms with Gasteiger partial charge in [-0.1, -0.05) is 0 Å². The van der Waals surface area contributed by atoms with Crippen molar-refractivity contribution >= 4 is 11.9 Å². The number of carboxylic acid groups (broad SMARTS) is 1. The quantitative estimate of drug-likeness (QED) is 0.495. The van der Waals surface area contributed by atoms with Crippen LogP contribution in [0.4, 0.5) is 0 Å². The molecular formula is C9H17NO4. The number of carbonyl (C=O) groups is 2. The first kappa shape index (κ1) is 12.9. The van der Waals surface area contributed by atoms with Gasteiger partial charge in [-0.2, -0.15) is 0 Å². The molecule has 0 heterocycles. The van der Waals surface area contributed by atoms with E-state index in [0.29, 0.717) is 6.54 Å². The van der Waals surface area contributed by atoms with Gasteiger partial charge in [0.25, 0.3) is 0 Å². The molecule has 0 fully saturated rings. The van der Waals surface area contributed by atoms with Crippen LogP contribution in [0.1, 0.15) is 20.8 Å². The van der Waals surface area contributed by atoms with E-state index in [2.05, 4.69) is 5.32 Å². The van der Waals surface area contributed by atoms with Gasteiger partial charge < -0.3 is 15.2 Å². The highest BCUT2D eigenvalue weighted by Crippen LogP contribution is 2.14. The average Bonchev–Trinajstić information content (AvgIpc) is 2.01. The van der Waals surface area contributed by atoms with Crippen LogP contribution in [-0.4, -0.2) is 36.7 Å². The van der Waals surface area contributed by atoms with E-state index in [-0.39, 0.29) is 19.1 Å². The second-order valence-corrected chi connectivity index (χ2v) is 3.96. The number of rotatable bonds is 5. The fraction of sp³-hybridized carbons (Fsp3) is 0.778. The molecule has 0 amide bonds. The van der Waals surface area contributed by atoms with E-state index in [9.17, 15) is 9.59 Å². The summed E-state index contributed by atoms with van der Waals surface area (Å²) in [6, 6.07) is 0. The third kappa shape index (κ3) is 6.42. The first-order valence-electron chi connectivity index (χ1n) is 4.44. The first-order chi connectivity index (χ1) is 6.34. The summed E-state index contributed by atoms with van der Waals surface area (Å²) in [4.78, 5) is 21.3. The molecule has 0 aromatic rings. The molecular weight excluding hydrogens is 186 g/mol. The Morgan fingerprint density at radius 1 is 1.36 bits per heavy atom. The Morgan fingerprint density at radius 3 is 2.36 bits per heavy atom. The van der Waals surface area contributed by atoms with Crippen LogP contribution < -0.4 is 5.32 Å². The molecule has 14 heavy (non-hydrogen) atoms. The van der Waals surface area contributed by atoms with Crippen LogP contribution in [0.5, 0.6) is 0 Å². The van der Waals surface area contributed by atoms with Gasteiger partial charge in [0, 0.05) is 6.54 Å². The number of aliphatic carboxylic acids is 1. The fourth-order valence-corrected chi connectivity index (χ4v) is 0.628. The van der Waals surface area contributed by atoms with Crippen molar-refractivity contribution in [3.05, 3.63) is 0 Å². The van der Waals surface area contributed by atoms with Gasteiger partial charge >= 0.3 is 11.9 Å². The standard InChI is InChI=1S/C9H17NO4/c1-9(2,3)8(13)14-5-4-10-6-7(11)12/h10H,4-6H2,1-3H3,(H,11,12). The Labute approximate surface area is 83.4 Å². The molecule has 0 aliphatic rings. The van der Waals surface area contributed by atoms with Gasteiger partial charge in [-0.05, 0) is 20.8 Å². The lowest BCUT2D eigenvalue weighted by Gasteiger charge is -2.16. The van der Waals surface area contributed by atoms with Crippen LogP contribution in [0.2, 0.25) is 0 Å². The molecule has 0 radical (unpaired) electrons. The Morgan fingerprint density at radius 2 is 1.93 bits per heavy atom. The maximum Gasteiger partial charge on any atom is 0.317 e. The highest BCUT2D eigenvalue weighted by Gasteiger charge is 2.22. The summed E-state index contributed by atoms with van der Waals surface area (Å²) in [5.74, 6) is -1.21. The summed E-state index contributed by atoms with van der Waals surface area (Å²) in [5.41, 5.74) is -0.507. The highest BCUT2D eigenvalue weighted by molar-refractivity contribution is 5.75. The second-order valence-electron chi connectivity index (χ2n) is 3.96. The summed E-state index contributed by atoms with van der Waals surface area (Å²) in [6.45, 7) is 5.73. The smallest absolute Gasteiger partial charge is 0.317 e. The summed E-state index contributed by atoms with van der Waals surface area (Å²) >= 11 is 0. The number of hydrogen-bond donors (Lipinski definition) is 2. The van der Waals surface area contributed by atoms with Gasteiger partial charge in [0.1, 0.15) is 6.61 Å². The van der Waals surface area contributed by atoms with Crippen molar-refractivity contribution in [3.8, 4) is 0 Å². The molecule has 0 unspecified atom stereocenters. The zero-order chi connectivity index (χ0) is 11.2. The Hall–Kier alpha value is -1.10. The third-order valence-corrected chi connectivity index (χ3v) is 1.40. The number of ether oxygens (including phenoxy) is 1. The third-order valence-electron chi connectivity index (χ3n) is 1.40. The van der Waals surface area contributed by atoms with Crippen LogP contribution in [0.25, 0.3) is 0 Å². The molecule has 0 aliphatic heterocycles. The minimum atomic E-state index is -0.924. The van der Waals surface area contributed by atoms with Gasteiger partial charge in [0.15, 0.2) is 0 Å².